The Hall–Kier alpha value is -3.84. The second-order valence-electron chi connectivity index (χ2n) is 9.84. The first-order valence-corrected chi connectivity index (χ1v) is 12.2. The third-order valence-corrected chi connectivity index (χ3v) is 7.68. The van der Waals surface area contributed by atoms with Gasteiger partial charge >= 0.3 is 0 Å². The Morgan fingerprint density at radius 2 is 1.00 bits per heavy atom. The van der Waals surface area contributed by atoms with Crippen LogP contribution in [0.15, 0.2) is 109 Å². The van der Waals surface area contributed by atoms with E-state index in [0.717, 1.165) is 12.8 Å². The van der Waals surface area contributed by atoms with E-state index in [1.54, 1.807) is 5.46 Å². The molecule has 0 spiro atoms. The highest BCUT2D eigenvalue weighted by atomic mass is 14.2. The Bertz CT molecular complexity index is 1510. The van der Waals surface area contributed by atoms with Crippen molar-refractivity contribution in [1.29, 1.82) is 0 Å². The van der Waals surface area contributed by atoms with Gasteiger partial charge < -0.3 is 0 Å². The molecule has 5 aromatic carbocycles. The molecule has 2 aliphatic rings. The van der Waals surface area contributed by atoms with Gasteiger partial charge in [-0.25, -0.2) is 0 Å². The fraction of sp³-hybridized carbons (Fsp3) is 0.0909. The molecule has 0 N–H and O–H groups in total. The predicted molar refractivity (Wildman–Crippen MR) is 145 cm³/mol. The summed E-state index contributed by atoms with van der Waals surface area (Å²) < 4.78 is 0. The SMILES string of the molecule is Cc1cccc(-c2cccc(-c3cc4c5c(c3)Cc3ccccc3B5c3ccccc3C4)c2)c1. The molecule has 7 rings (SSSR count). The van der Waals surface area contributed by atoms with Crippen LogP contribution < -0.4 is 16.4 Å². The second-order valence-corrected chi connectivity index (χ2v) is 9.84. The van der Waals surface area contributed by atoms with Gasteiger partial charge in [-0.1, -0.05) is 125 Å². The number of hydrogen-bond donors (Lipinski definition) is 0. The van der Waals surface area contributed by atoms with Gasteiger partial charge in [-0.15, -0.1) is 0 Å². The lowest BCUT2D eigenvalue weighted by atomic mass is 9.30. The Labute approximate surface area is 202 Å². The van der Waals surface area contributed by atoms with Crippen molar-refractivity contribution in [2.45, 2.75) is 19.8 Å². The highest BCUT2D eigenvalue weighted by Gasteiger charge is 2.36. The van der Waals surface area contributed by atoms with E-state index in [1.165, 1.54) is 61.0 Å². The van der Waals surface area contributed by atoms with Crippen LogP contribution in [0.3, 0.4) is 0 Å². The molecule has 0 fully saturated rings. The van der Waals surface area contributed by atoms with E-state index in [0.29, 0.717) is 6.71 Å². The summed E-state index contributed by atoms with van der Waals surface area (Å²) in [4.78, 5) is 0. The fourth-order valence-electron chi connectivity index (χ4n) is 6.15. The van der Waals surface area contributed by atoms with Gasteiger partial charge in [0, 0.05) is 0 Å². The highest BCUT2D eigenvalue weighted by molar-refractivity contribution is 6.97. The molecule has 160 valence electrons. The maximum absolute atomic E-state index is 2.46. The van der Waals surface area contributed by atoms with E-state index in [9.17, 15) is 0 Å². The van der Waals surface area contributed by atoms with Crippen LogP contribution in [-0.4, -0.2) is 6.71 Å². The summed E-state index contributed by atoms with van der Waals surface area (Å²) in [7, 11) is 0. The Morgan fingerprint density at radius 1 is 0.471 bits per heavy atom. The summed E-state index contributed by atoms with van der Waals surface area (Å²) in [5.74, 6) is 0. The molecule has 0 nitrogen and oxygen atoms in total. The maximum atomic E-state index is 2.46. The van der Waals surface area contributed by atoms with Crippen molar-refractivity contribution in [2.24, 2.45) is 0 Å². The minimum atomic E-state index is 0.354. The monoisotopic (exact) mass is 432 g/mol. The van der Waals surface area contributed by atoms with Gasteiger partial charge in [0.15, 0.2) is 0 Å². The van der Waals surface area contributed by atoms with Crippen LogP contribution in [0.4, 0.5) is 0 Å². The number of benzene rings is 5. The number of hydrogen-bond acceptors (Lipinski definition) is 0. The molecule has 5 aromatic rings. The van der Waals surface area contributed by atoms with Gasteiger partial charge in [0.2, 0.25) is 6.71 Å². The Balaban J connectivity index is 1.41. The zero-order chi connectivity index (χ0) is 22.6. The van der Waals surface area contributed by atoms with Crippen LogP contribution in [0.2, 0.25) is 0 Å². The first-order chi connectivity index (χ1) is 16.7. The zero-order valence-electron chi connectivity index (χ0n) is 19.4. The lowest BCUT2D eigenvalue weighted by Crippen LogP contribution is -2.61. The molecule has 0 atom stereocenters. The standard InChI is InChI=1S/C33H25B/c1-22-8-6-11-23(16-22)24-12-7-13-25(17-24)28-20-29-18-26-9-2-4-14-31(26)34-32-15-5-3-10-27(32)19-30(21-28)33(29)34/h2-17,20-21H,18-19H2,1H3. The van der Waals surface area contributed by atoms with Crippen LogP contribution >= 0.6 is 0 Å². The van der Waals surface area contributed by atoms with Crippen molar-refractivity contribution in [1.82, 2.24) is 0 Å². The third kappa shape index (κ3) is 3.08. The van der Waals surface area contributed by atoms with E-state index < -0.39 is 0 Å². The maximum Gasteiger partial charge on any atom is 0.242 e. The van der Waals surface area contributed by atoms with Gasteiger partial charge in [-0.2, -0.15) is 0 Å². The smallest absolute Gasteiger partial charge is 0.0667 e. The summed E-state index contributed by atoms with van der Waals surface area (Å²) in [5.41, 5.74) is 16.9. The van der Waals surface area contributed by atoms with Gasteiger partial charge in [-0.3, -0.25) is 0 Å². The van der Waals surface area contributed by atoms with Crippen LogP contribution in [0, 0.1) is 6.92 Å². The van der Waals surface area contributed by atoms with Gasteiger partial charge in [0.05, 0.1) is 0 Å². The first-order valence-electron chi connectivity index (χ1n) is 12.2. The van der Waals surface area contributed by atoms with Gasteiger partial charge in [0.1, 0.15) is 0 Å². The predicted octanol–water partition coefficient (Wildman–Crippen LogP) is 5.65. The quantitative estimate of drug-likeness (QED) is 0.310. The highest BCUT2D eigenvalue weighted by Crippen LogP contribution is 2.31. The van der Waals surface area contributed by atoms with Crippen molar-refractivity contribution in [3.05, 3.63) is 137 Å². The summed E-state index contributed by atoms with van der Waals surface area (Å²) >= 11 is 0. The molecule has 0 amide bonds. The molecule has 0 aromatic heterocycles. The van der Waals surface area contributed by atoms with Crippen molar-refractivity contribution >= 4 is 23.1 Å². The van der Waals surface area contributed by atoms with Crippen LogP contribution in [0.5, 0.6) is 0 Å². The third-order valence-electron chi connectivity index (χ3n) is 7.68. The van der Waals surface area contributed by atoms with Crippen molar-refractivity contribution < 1.29 is 0 Å². The molecule has 0 saturated heterocycles. The summed E-state index contributed by atoms with van der Waals surface area (Å²) in [6.45, 7) is 2.51. The molecule has 0 radical (unpaired) electrons. The Morgan fingerprint density at radius 3 is 1.62 bits per heavy atom. The average Bonchev–Trinajstić information content (AvgIpc) is 2.88. The Kier molecular flexibility index (Phi) is 4.39. The van der Waals surface area contributed by atoms with E-state index in [1.807, 2.05) is 0 Å². The molecule has 0 saturated carbocycles. The molecule has 1 heteroatoms. The summed E-state index contributed by atoms with van der Waals surface area (Å²) in [5, 5.41) is 0. The number of aryl methyl sites for hydroxylation is 1. The van der Waals surface area contributed by atoms with E-state index in [4.69, 9.17) is 0 Å². The minimum absolute atomic E-state index is 0.354. The molecular formula is C33H25B. The van der Waals surface area contributed by atoms with E-state index >= 15 is 0 Å². The topological polar surface area (TPSA) is 0 Å². The van der Waals surface area contributed by atoms with Crippen LogP contribution in [-0.2, 0) is 12.8 Å². The zero-order valence-corrected chi connectivity index (χ0v) is 19.4. The van der Waals surface area contributed by atoms with Crippen molar-refractivity contribution in [3.63, 3.8) is 0 Å². The van der Waals surface area contributed by atoms with Crippen LogP contribution in [0.1, 0.15) is 27.8 Å². The molecule has 0 bridgehead atoms. The fourth-order valence-corrected chi connectivity index (χ4v) is 6.15. The van der Waals surface area contributed by atoms with E-state index in [-0.39, 0.29) is 0 Å². The van der Waals surface area contributed by atoms with Gasteiger partial charge in [0.25, 0.3) is 0 Å². The molecule has 0 aliphatic carbocycles. The first kappa shape index (κ1) is 19.6. The molecule has 2 aliphatic heterocycles. The molecule has 34 heavy (non-hydrogen) atoms. The average molecular weight is 432 g/mol. The second kappa shape index (κ2) is 7.60. The van der Waals surface area contributed by atoms with Crippen molar-refractivity contribution in [2.75, 3.05) is 0 Å². The minimum Gasteiger partial charge on any atom is -0.0667 e. The molecule has 2 heterocycles. The van der Waals surface area contributed by atoms with Gasteiger partial charge in [-0.05, 0) is 70.3 Å². The number of fused-ring (bicyclic) bond motifs is 4. The van der Waals surface area contributed by atoms with E-state index in [2.05, 4.69) is 116 Å². The number of rotatable bonds is 2. The normalized spacial score (nSPS) is 13.1. The lowest BCUT2D eigenvalue weighted by Gasteiger charge is -2.34. The van der Waals surface area contributed by atoms with Crippen molar-refractivity contribution in [3.8, 4) is 22.3 Å². The molecular weight excluding hydrogens is 407 g/mol. The molecule has 0 unspecified atom stereocenters. The summed E-state index contributed by atoms with van der Waals surface area (Å²) in [6.07, 6.45) is 2.03. The lowest BCUT2D eigenvalue weighted by molar-refractivity contribution is 1.15. The van der Waals surface area contributed by atoms with Crippen LogP contribution in [0.25, 0.3) is 22.3 Å². The summed E-state index contributed by atoms with van der Waals surface area (Å²) in [6, 6.07) is 40.9. The largest absolute Gasteiger partial charge is 0.242 e.